The number of ether oxygens (including phenoxy) is 3. The predicted octanol–water partition coefficient (Wildman–Crippen LogP) is 16.5. The molecule has 6 nitrogen and oxygen atoms in total. The molecule has 0 fully saturated rings. The van der Waals surface area contributed by atoms with E-state index in [1.165, 1.54) is 135 Å². The number of hydrogen-bond donors (Lipinski definition) is 0. The Bertz CT molecular complexity index is 1100. The maximum Gasteiger partial charge on any atom is 0.306 e. The van der Waals surface area contributed by atoms with Crippen molar-refractivity contribution in [3.05, 3.63) is 60.8 Å². The molecule has 346 valence electrons. The molecule has 0 N–H and O–H groups in total. The highest BCUT2D eigenvalue weighted by Crippen LogP contribution is 2.13. The third-order valence-corrected chi connectivity index (χ3v) is 10.7. The van der Waals surface area contributed by atoms with E-state index in [1.807, 2.05) is 12.2 Å². The Hall–Kier alpha value is -2.89. The fourth-order valence-electron chi connectivity index (χ4n) is 6.89. The minimum absolute atomic E-state index is 0.118. The first-order valence-corrected chi connectivity index (χ1v) is 25.3. The van der Waals surface area contributed by atoms with Crippen LogP contribution in [0.2, 0.25) is 0 Å². The molecule has 0 aromatic rings. The van der Waals surface area contributed by atoms with E-state index in [-0.39, 0.29) is 38.0 Å². The Morgan fingerprint density at radius 1 is 0.333 bits per heavy atom. The summed E-state index contributed by atoms with van der Waals surface area (Å²) in [6, 6.07) is 0. The quantitative estimate of drug-likeness (QED) is 0.0263. The zero-order chi connectivity index (χ0) is 43.7. The second kappa shape index (κ2) is 48.8. The van der Waals surface area contributed by atoms with E-state index in [0.29, 0.717) is 19.3 Å². The van der Waals surface area contributed by atoms with Gasteiger partial charge in [0.25, 0.3) is 0 Å². The maximum absolute atomic E-state index is 12.7. The monoisotopic (exact) mass is 839 g/mol. The molecule has 0 saturated heterocycles. The highest BCUT2D eigenvalue weighted by molar-refractivity contribution is 5.71. The second-order valence-electron chi connectivity index (χ2n) is 16.7. The molecule has 60 heavy (non-hydrogen) atoms. The van der Waals surface area contributed by atoms with Crippen molar-refractivity contribution >= 4 is 17.9 Å². The minimum Gasteiger partial charge on any atom is -0.462 e. The molecule has 0 aromatic carbocycles. The normalized spacial score (nSPS) is 12.5. The largest absolute Gasteiger partial charge is 0.462 e. The van der Waals surface area contributed by atoms with Gasteiger partial charge in [-0.2, -0.15) is 0 Å². The van der Waals surface area contributed by atoms with Crippen LogP contribution in [0.4, 0.5) is 0 Å². The molecule has 0 spiro atoms. The van der Waals surface area contributed by atoms with Gasteiger partial charge in [0.15, 0.2) is 6.10 Å². The van der Waals surface area contributed by atoms with Gasteiger partial charge >= 0.3 is 17.9 Å². The van der Waals surface area contributed by atoms with Crippen molar-refractivity contribution in [1.29, 1.82) is 0 Å². The summed E-state index contributed by atoms with van der Waals surface area (Å²) in [5, 5.41) is 0. The molecule has 0 bridgehead atoms. The van der Waals surface area contributed by atoms with E-state index in [2.05, 4.69) is 69.4 Å². The van der Waals surface area contributed by atoms with E-state index in [9.17, 15) is 14.4 Å². The van der Waals surface area contributed by atoms with Crippen LogP contribution in [0.15, 0.2) is 60.8 Å². The van der Waals surface area contributed by atoms with Gasteiger partial charge in [-0.25, -0.2) is 0 Å². The van der Waals surface area contributed by atoms with Gasteiger partial charge in [-0.05, 0) is 83.5 Å². The van der Waals surface area contributed by atoms with Crippen molar-refractivity contribution in [2.45, 2.75) is 252 Å². The predicted molar refractivity (Wildman–Crippen MR) is 256 cm³/mol. The third-order valence-electron chi connectivity index (χ3n) is 10.7. The van der Waals surface area contributed by atoms with E-state index in [0.717, 1.165) is 57.8 Å². The molecule has 1 atom stereocenters. The lowest BCUT2D eigenvalue weighted by Crippen LogP contribution is -2.30. The highest BCUT2D eigenvalue weighted by Gasteiger charge is 2.19. The molecule has 0 rings (SSSR count). The van der Waals surface area contributed by atoms with Crippen molar-refractivity contribution in [1.82, 2.24) is 0 Å². The Labute approximate surface area is 370 Å². The molecule has 1 unspecified atom stereocenters. The number of hydrogen-bond acceptors (Lipinski definition) is 6. The highest BCUT2D eigenvalue weighted by atomic mass is 16.6. The van der Waals surface area contributed by atoms with Crippen LogP contribution in [0.3, 0.4) is 0 Å². The summed E-state index contributed by atoms with van der Waals surface area (Å²) < 4.78 is 16.6. The van der Waals surface area contributed by atoms with Gasteiger partial charge in [-0.3, -0.25) is 14.4 Å². The van der Waals surface area contributed by atoms with E-state index >= 15 is 0 Å². The Kier molecular flexibility index (Phi) is 46.4. The molecular weight excluding hydrogens is 745 g/mol. The van der Waals surface area contributed by atoms with Crippen molar-refractivity contribution in [2.75, 3.05) is 13.2 Å². The first-order valence-electron chi connectivity index (χ1n) is 25.3. The molecule has 0 aromatic heterocycles. The summed E-state index contributed by atoms with van der Waals surface area (Å²) >= 11 is 0. The standard InChI is InChI=1S/C54H94O6/c1-4-7-10-13-16-19-22-25-26-27-30-32-35-38-41-44-47-53(56)59-50-51(60-54(57)48-45-42-39-36-33-29-24-21-18-15-12-9-6-3)49-58-52(55)46-43-40-37-34-31-28-23-20-17-14-11-8-5-2/h26-29,31,33,37,39-40,42,51H,4-25,30,32,34-36,38,41,43-50H2,1-3H3/b27-26-,31-28-,33-29-,40-37-,42-39-. The topological polar surface area (TPSA) is 78.9 Å². The van der Waals surface area contributed by atoms with Crippen LogP contribution in [0.5, 0.6) is 0 Å². The summed E-state index contributed by atoms with van der Waals surface area (Å²) in [6.07, 6.45) is 59.4. The number of unbranched alkanes of at least 4 members (excludes halogenated alkanes) is 24. The van der Waals surface area contributed by atoms with Crippen LogP contribution in [-0.4, -0.2) is 37.2 Å². The van der Waals surface area contributed by atoms with E-state index < -0.39 is 12.1 Å². The lowest BCUT2D eigenvalue weighted by molar-refractivity contribution is -0.166. The Morgan fingerprint density at radius 3 is 1.03 bits per heavy atom. The SMILES string of the molecule is CCCCCCCC/C=C\C/C=C\CCC(=O)OCC(COC(=O)CCCCCCC/C=C\CCCCCCCCC)OC(=O)CC/C=C\C/C=C\CCCCCCCC. The van der Waals surface area contributed by atoms with Gasteiger partial charge in [-0.1, -0.05) is 204 Å². The molecule has 6 heteroatoms. The summed E-state index contributed by atoms with van der Waals surface area (Å²) in [4.78, 5) is 37.8. The molecule has 0 heterocycles. The zero-order valence-electron chi connectivity index (χ0n) is 39.5. The van der Waals surface area contributed by atoms with Gasteiger partial charge in [0, 0.05) is 19.3 Å². The van der Waals surface area contributed by atoms with Crippen molar-refractivity contribution < 1.29 is 28.6 Å². The fraction of sp³-hybridized carbons (Fsp3) is 0.759. The van der Waals surface area contributed by atoms with E-state index in [1.54, 1.807) is 0 Å². The van der Waals surface area contributed by atoms with Gasteiger partial charge in [0.1, 0.15) is 13.2 Å². The van der Waals surface area contributed by atoms with Crippen LogP contribution in [-0.2, 0) is 28.6 Å². The molecule has 0 saturated carbocycles. The van der Waals surface area contributed by atoms with Gasteiger partial charge in [0.05, 0.1) is 0 Å². The molecule has 0 aliphatic carbocycles. The van der Waals surface area contributed by atoms with Crippen LogP contribution < -0.4 is 0 Å². The van der Waals surface area contributed by atoms with Crippen molar-refractivity contribution in [3.8, 4) is 0 Å². The summed E-state index contributed by atoms with van der Waals surface area (Å²) in [5.41, 5.74) is 0. The van der Waals surface area contributed by atoms with Gasteiger partial charge in [-0.15, -0.1) is 0 Å². The smallest absolute Gasteiger partial charge is 0.306 e. The fourth-order valence-corrected chi connectivity index (χ4v) is 6.89. The minimum atomic E-state index is -0.828. The molecule has 0 radical (unpaired) electrons. The van der Waals surface area contributed by atoms with E-state index in [4.69, 9.17) is 14.2 Å². The zero-order valence-corrected chi connectivity index (χ0v) is 39.5. The summed E-state index contributed by atoms with van der Waals surface area (Å²) in [6.45, 7) is 6.51. The third kappa shape index (κ3) is 46.2. The van der Waals surface area contributed by atoms with Crippen molar-refractivity contribution in [3.63, 3.8) is 0 Å². The molecule has 0 aliphatic heterocycles. The molecular formula is C54H94O6. The van der Waals surface area contributed by atoms with Crippen LogP contribution in [0, 0.1) is 0 Å². The second-order valence-corrected chi connectivity index (χ2v) is 16.7. The first-order chi connectivity index (χ1) is 29.5. The molecule has 0 amide bonds. The Morgan fingerprint density at radius 2 is 0.633 bits per heavy atom. The lowest BCUT2D eigenvalue weighted by atomic mass is 10.1. The van der Waals surface area contributed by atoms with Crippen LogP contribution >= 0.6 is 0 Å². The number of carbonyl (C=O) groups excluding carboxylic acids is 3. The van der Waals surface area contributed by atoms with Gasteiger partial charge < -0.3 is 14.2 Å². The summed E-state index contributed by atoms with van der Waals surface area (Å²) in [5.74, 6) is -1.06. The average molecular weight is 839 g/mol. The summed E-state index contributed by atoms with van der Waals surface area (Å²) in [7, 11) is 0. The van der Waals surface area contributed by atoms with Crippen molar-refractivity contribution in [2.24, 2.45) is 0 Å². The Balaban J connectivity index is 4.50. The number of esters is 3. The first kappa shape index (κ1) is 57.1. The van der Waals surface area contributed by atoms with Crippen LogP contribution in [0.1, 0.15) is 245 Å². The van der Waals surface area contributed by atoms with Gasteiger partial charge in [0.2, 0.25) is 0 Å². The number of rotatable bonds is 45. The average Bonchev–Trinajstić information content (AvgIpc) is 3.24. The number of carbonyl (C=O) groups is 3. The molecule has 0 aliphatic rings. The number of allylic oxidation sites excluding steroid dienone is 10. The lowest BCUT2D eigenvalue weighted by Gasteiger charge is -2.18. The van der Waals surface area contributed by atoms with Crippen LogP contribution in [0.25, 0.3) is 0 Å². The maximum atomic E-state index is 12.7.